The fraction of sp³-hybridized carbons (Fsp3) is 0.111. The highest BCUT2D eigenvalue weighted by molar-refractivity contribution is 9.10. The first-order valence-electron chi connectivity index (χ1n) is 14.1. The predicted molar refractivity (Wildman–Crippen MR) is 176 cm³/mol. The number of phenols is 1. The van der Waals surface area contributed by atoms with Crippen LogP contribution in [0.2, 0.25) is 0 Å². The van der Waals surface area contributed by atoms with E-state index in [4.69, 9.17) is 18.9 Å². The molecule has 0 aliphatic carbocycles. The first-order chi connectivity index (χ1) is 22.0. The van der Waals surface area contributed by atoms with Crippen molar-refractivity contribution in [3.8, 4) is 28.7 Å². The Hall–Kier alpha value is -5.28. The second-order valence-corrected chi connectivity index (χ2v) is 10.7. The third-order valence-electron chi connectivity index (χ3n) is 6.63. The highest BCUT2D eigenvalue weighted by Gasteiger charge is 2.20. The van der Waals surface area contributed by atoms with Gasteiger partial charge in [0.2, 0.25) is 5.75 Å². The molecular weight excluding hydrogens is 636 g/mol. The molecule has 0 unspecified atom stereocenters. The van der Waals surface area contributed by atoms with E-state index < -0.39 is 5.91 Å². The van der Waals surface area contributed by atoms with E-state index in [1.165, 1.54) is 13.3 Å². The van der Waals surface area contributed by atoms with Crippen molar-refractivity contribution in [3.05, 3.63) is 148 Å². The number of amides is 1. The molecule has 0 fully saturated rings. The van der Waals surface area contributed by atoms with Crippen LogP contribution >= 0.6 is 15.9 Å². The van der Waals surface area contributed by atoms with E-state index in [-0.39, 0.29) is 36.9 Å². The van der Waals surface area contributed by atoms with Gasteiger partial charge in [0.25, 0.3) is 5.91 Å². The predicted octanol–water partition coefficient (Wildman–Crippen LogP) is 7.66. The van der Waals surface area contributed by atoms with Gasteiger partial charge < -0.3 is 24.1 Å². The Labute approximate surface area is 270 Å². The van der Waals surface area contributed by atoms with Gasteiger partial charge in [-0.05, 0) is 62.4 Å². The lowest BCUT2D eigenvalue weighted by molar-refractivity contribution is 0.0953. The summed E-state index contributed by atoms with van der Waals surface area (Å²) in [7, 11) is 1.45. The number of carbonyl (C=O) groups is 1. The summed E-state index contributed by atoms with van der Waals surface area (Å²) in [6.07, 6.45) is 1.45. The Bertz CT molecular complexity index is 1680. The average molecular weight is 668 g/mol. The average Bonchev–Trinajstić information content (AvgIpc) is 3.08. The number of hydrazone groups is 1. The van der Waals surface area contributed by atoms with E-state index in [0.29, 0.717) is 27.3 Å². The molecule has 5 rings (SSSR count). The van der Waals surface area contributed by atoms with Gasteiger partial charge in [-0.15, -0.1) is 0 Å². The Morgan fingerprint density at radius 1 is 0.733 bits per heavy atom. The number of methoxy groups -OCH3 is 1. The molecule has 5 aromatic rings. The molecule has 0 heterocycles. The summed E-state index contributed by atoms with van der Waals surface area (Å²) in [5.41, 5.74) is 6.29. The van der Waals surface area contributed by atoms with E-state index in [1.54, 1.807) is 24.3 Å². The number of rotatable bonds is 13. The molecule has 0 radical (unpaired) electrons. The van der Waals surface area contributed by atoms with E-state index in [2.05, 4.69) is 26.5 Å². The largest absolute Gasteiger partial charge is 0.503 e. The molecule has 45 heavy (non-hydrogen) atoms. The van der Waals surface area contributed by atoms with E-state index in [9.17, 15) is 9.90 Å². The second-order valence-electron chi connectivity index (χ2n) is 9.88. The van der Waals surface area contributed by atoms with Crippen LogP contribution in [0.3, 0.4) is 0 Å². The minimum absolute atomic E-state index is 0.0284. The summed E-state index contributed by atoms with van der Waals surface area (Å²) >= 11 is 3.29. The van der Waals surface area contributed by atoms with Crippen LogP contribution in [0, 0.1) is 0 Å². The molecular formula is C36H31BrN2O6. The summed E-state index contributed by atoms with van der Waals surface area (Å²) in [5, 5.41) is 14.2. The maximum atomic E-state index is 13.4. The smallest absolute Gasteiger partial charge is 0.271 e. The molecule has 0 saturated heterocycles. The third-order valence-corrected chi connectivity index (χ3v) is 7.24. The van der Waals surface area contributed by atoms with E-state index in [1.807, 2.05) is 91.0 Å². The maximum Gasteiger partial charge on any atom is 0.271 e. The first kappa shape index (κ1) is 31.2. The summed E-state index contributed by atoms with van der Waals surface area (Å²) in [5.74, 6) is 0.831. The van der Waals surface area contributed by atoms with Crippen LogP contribution in [0.15, 0.2) is 125 Å². The van der Waals surface area contributed by atoms with Gasteiger partial charge in [0, 0.05) is 5.56 Å². The molecule has 1 amide bonds. The number of hydrogen-bond donors (Lipinski definition) is 2. The van der Waals surface area contributed by atoms with Gasteiger partial charge in [-0.3, -0.25) is 4.79 Å². The molecule has 228 valence electrons. The molecule has 8 nitrogen and oxygen atoms in total. The molecule has 0 spiro atoms. The standard InChI is InChI=1S/C36H31BrN2O6/c1-42-31-18-28(17-30(37)34(31)40)21-38-39-36(41)29-19-32(43-22-25-11-5-2-6-12-25)35(45-24-27-15-9-4-10-16-27)33(20-29)44-23-26-13-7-3-8-14-26/h2-21,40H,22-24H2,1H3,(H,39,41)/b38-21+. The summed E-state index contributed by atoms with van der Waals surface area (Å²) in [4.78, 5) is 13.4. The van der Waals surface area contributed by atoms with Crippen LogP contribution in [0.25, 0.3) is 0 Å². The zero-order chi connectivity index (χ0) is 31.4. The Morgan fingerprint density at radius 3 is 1.71 bits per heavy atom. The number of benzene rings is 5. The number of ether oxygens (including phenoxy) is 4. The molecule has 0 bridgehead atoms. The molecule has 0 aliphatic rings. The van der Waals surface area contributed by atoms with Gasteiger partial charge in [0.1, 0.15) is 19.8 Å². The summed E-state index contributed by atoms with van der Waals surface area (Å²) in [6, 6.07) is 35.7. The zero-order valence-electron chi connectivity index (χ0n) is 24.5. The van der Waals surface area contributed by atoms with Crippen molar-refractivity contribution in [3.63, 3.8) is 0 Å². The van der Waals surface area contributed by atoms with Crippen LogP contribution in [-0.4, -0.2) is 24.3 Å². The highest BCUT2D eigenvalue weighted by atomic mass is 79.9. The van der Waals surface area contributed by atoms with Gasteiger partial charge in [0.15, 0.2) is 23.0 Å². The van der Waals surface area contributed by atoms with Crippen molar-refractivity contribution in [1.82, 2.24) is 5.43 Å². The van der Waals surface area contributed by atoms with E-state index in [0.717, 1.165) is 16.7 Å². The fourth-order valence-electron chi connectivity index (χ4n) is 4.32. The first-order valence-corrected chi connectivity index (χ1v) is 14.9. The van der Waals surface area contributed by atoms with Crippen LogP contribution in [-0.2, 0) is 19.8 Å². The molecule has 2 N–H and O–H groups in total. The van der Waals surface area contributed by atoms with Crippen molar-refractivity contribution in [2.24, 2.45) is 5.10 Å². The number of phenolic OH excluding ortho intramolecular Hbond substituents is 1. The molecule has 0 saturated carbocycles. The van der Waals surface area contributed by atoms with Crippen LogP contribution < -0.4 is 24.4 Å². The van der Waals surface area contributed by atoms with Gasteiger partial charge in [0.05, 0.1) is 17.8 Å². The second kappa shape index (κ2) is 15.4. The number of carbonyl (C=O) groups excluding carboxylic acids is 1. The monoisotopic (exact) mass is 666 g/mol. The zero-order valence-corrected chi connectivity index (χ0v) is 26.1. The Morgan fingerprint density at radius 2 is 1.22 bits per heavy atom. The molecule has 9 heteroatoms. The van der Waals surface area contributed by atoms with Crippen LogP contribution in [0.4, 0.5) is 0 Å². The van der Waals surface area contributed by atoms with Crippen molar-refractivity contribution < 1.29 is 28.8 Å². The quantitative estimate of drug-likeness (QED) is 0.0989. The lowest BCUT2D eigenvalue weighted by Gasteiger charge is -2.19. The molecule has 0 aliphatic heterocycles. The SMILES string of the molecule is COc1cc(/C=N/NC(=O)c2cc(OCc3ccccc3)c(OCc3ccccc3)c(OCc3ccccc3)c2)cc(Br)c1O. The minimum Gasteiger partial charge on any atom is -0.503 e. The lowest BCUT2D eigenvalue weighted by Crippen LogP contribution is -2.18. The van der Waals surface area contributed by atoms with Crippen LogP contribution in [0.1, 0.15) is 32.6 Å². The molecule has 0 atom stereocenters. The fourth-order valence-corrected chi connectivity index (χ4v) is 4.78. The Kier molecular flexibility index (Phi) is 10.7. The maximum absolute atomic E-state index is 13.4. The van der Waals surface area contributed by atoms with Crippen molar-refractivity contribution in [1.29, 1.82) is 0 Å². The number of nitrogens with zero attached hydrogens (tertiary/aromatic N) is 1. The number of halogens is 1. The van der Waals surface area contributed by atoms with Gasteiger partial charge in [-0.25, -0.2) is 5.43 Å². The lowest BCUT2D eigenvalue weighted by atomic mass is 10.1. The number of nitrogens with one attached hydrogen (secondary N) is 1. The van der Waals surface area contributed by atoms with Gasteiger partial charge >= 0.3 is 0 Å². The Balaban J connectivity index is 1.45. The number of aromatic hydroxyl groups is 1. The molecule has 5 aromatic carbocycles. The summed E-state index contributed by atoms with van der Waals surface area (Å²) in [6.45, 7) is 0.772. The van der Waals surface area contributed by atoms with Crippen LogP contribution in [0.5, 0.6) is 28.7 Å². The minimum atomic E-state index is -0.486. The normalized spacial score (nSPS) is 10.8. The number of hydrogen-bond acceptors (Lipinski definition) is 7. The van der Waals surface area contributed by atoms with Gasteiger partial charge in [-0.1, -0.05) is 91.0 Å². The van der Waals surface area contributed by atoms with Crippen molar-refractivity contribution in [2.75, 3.05) is 7.11 Å². The highest BCUT2D eigenvalue weighted by Crippen LogP contribution is 2.40. The third kappa shape index (κ3) is 8.64. The van der Waals surface area contributed by atoms with Crippen molar-refractivity contribution >= 4 is 28.1 Å². The summed E-state index contributed by atoms with van der Waals surface area (Å²) < 4.78 is 24.4. The van der Waals surface area contributed by atoms with Crippen molar-refractivity contribution in [2.45, 2.75) is 19.8 Å². The molecule has 0 aromatic heterocycles. The van der Waals surface area contributed by atoms with E-state index >= 15 is 0 Å². The topological polar surface area (TPSA) is 98.6 Å². The van der Waals surface area contributed by atoms with Gasteiger partial charge in [-0.2, -0.15) is 5.10 Å².